The lowest BCUT2D eigenvalue weighted by Crippen LogP contribution is -2.53. The predicted octanol–water partition coefficient (Wildman–Crippen LogP) is 1.89. The van der Waals surface area contributed by atoms with Gasteiger partial charge in [0, 0.05) is 6.42 Å². The molecule has 23 heavy (non-hydrogen) atoms. The van der Waals surface area contributed by atoms with E-state index in [1.165, 1.54) is 7.11 Å². The molecule has 0 amide bonds. The molecule has 1 rings (SSSR count). The van der Waals surface area contributed by atoms with Crippen molar-refractivity contribution in [3.63, 3.8) is 0 Å². The second-order valence-corrected chi connectivity index (χ2v) is 7.33. The molecule has 0 aliphatic carbocycles. The third kappa shape index (κ3) is 5.24. The minimum atomic E-state index is -2.14. The van der Waals surface area contributed by atoms with Crippen molar-refractivity contribution in [1.82, 2.24) is 0 Å². The van der Waals surface area contributed by atoms with Gasteiger partial charge in [-0.25, -0.2) is 0 Å². The van der Waals surface area contributed by atoms with E-state index in [2.05, 4.69) is 0 Å². The van der Waals surface area contributed by atoms with E-state index in [-0.39, 0.29) is 6.42 Å². The quantitative estimate of drug-likeness (QED) is 0.734. The normalized spacial score (nSPS) is 14.8. The summed E-state index contributed by atoms with van der Waals surface area (Å²) in [4.78, 5) is 24.3. The van der Waals surface area contributed by atoms with Gasteiger partial charge in [-0.3, -0.25) is 9.59 Å². The van der Waals surface area contributed by atoms with Crippen LogP contribution in [0.15, 0.2) is 24.3 Å². The van der Waals surface area contributed by atoms with Crippen LogP contribution in [-0.2, 0) is 16.0 Å². The SMILES string of the molecule is CCSC(=O)[C@@H](O)[C@](O)(Cc1ccc(OC)cc1)C(=O)SCC. The molecule has 0 unspecified atom stereocenters. The van der Waals surface area contributed by atoms with E-state index in [1.54, 1.807) is 38.1 Å². The van der Waals surface area contributed by atoms with E-state index < -0.39 is 21.9 Å². The lowest BCUT2D eigenvalue weighted by atomic mass is 9.90. The molecule has 5 nitrogen and oxygen atoms in total. The Morgan fingerprint density at radius 2 is 1.74 bits per heavy atom. The van der Waals surface area contributed by atoms with Crippen LogP contribution in [0.4, 0.5) is 0 Å². The molecule has 0 aromatic heterocycles. The molecule has 7 heteroatoms. The van der Waals surface area contributed by atoms with Crippen LogP contribution in [0.5, 0.6) is 5.75 Å². The van der Waals surface area contributed by atoms with Gasteiger partial charge >= 0.3 is 0 Å². The maximum absolute atomic E-state index is 12.3. The molecule has 0 aliphatic rings. The first-order valence-corrected chi connectivity index (χ1v) is 9.23. The van der Waals surface area contributed by atoms with Crippen LogP contribution in [-0.4, -0.2) is 50.8 Å². The first-order chi connectivity index (χ1) is 10.9. The number of rotatable bonds is 8. The Morgan fingerprint density at radius 3 is 2.22 bits per heavy atom. The van der Waals surface area contributed by atoms with Gasteiger partial charge in [-0.05, 0) is 29.2 Å². The van der Waals surface area contributed by atoms with Gasteiger partial charge in [-0.15, -0.1) is 0 Å². The van der Waals surface area contributed by atoms with Crippen LogP contribution in [0.1, 0.15) is 19.4 Å². The van der Waals surface area contributed by atoms with Crippen molar-refractivity contribution in [3.05, 3.63) is 29.8 Å². The number of aliphatic hydroxyl groups is 2. The fourth-order valence-electron chi connectivity index (χ4n) is 2.01. The second-order valence-electron chi connectivity index (χ2n) is 4.82. The first kappa shape index (κ1) is 20.0. The van der Waals surface area contributed by atoms with Gasteiger partial charge in [0.05, 0.1) is 7.11 Å². The van der Waals surface area contributed by atoms with Gasteiger partial charge in [0.1, 0.15) is 5.75 Å². The molecule has 0 aliphatic heterocycles. The zero-order valence-electron chi connectivity index (χ0n) is 13.4. The summed E-state index contributed by atoms with van der Waals surface area (Å²) in [5, 5.41) is 19.8. The number of hydrogen-bond donors (Lipinski definition) is 2. The number of thioether (sulfide) groups is 2. The molecule has 1 aromatic rings. The van der Waals surface area contributed by atoms with Crippen molar-refractivity contribution >= 4 is 33.8 Å². The highest BCUT2D eigenvalue weighted by atomic mass is 32.2. The highest BCUT2D eigenvalue weighted by Crippen LogP contribution is 2.28. The summed E-state index contributed by atoms with van der Waals surface area (Å²) in [6.07, 6.45) is -1.90. The minimum absolute atomic E-state index is 0.139. The Labute approximate surface area is 144 Å². The number of hydrogen-bond acceptors (Lipinski definition) is 7. The van der Waals surface area contributed by atoms with Crippen LogP contribution in [0, 0.1) is 0 Å². The molecule has 0 bridgehead atoms. The van der Waals surface area contributed by atoms with E-state index in [1.807, 2.05) is 0 Å². The minimum Gasteiger partial charge on any atom is -0.497 e. The van der Waals surface area contributed by atoms with Crippen LogP contribution in [0.25, 0.3) is 0 Å². The topological polar surface area (TPSA) is 83.8 Å². The van der Waals surface area contributed by atoms with Crippen LogP contribution in [0.3, 0.4) is 0 Å². The Morgan fingerprint density at radius 1 is 1.17 bits per heavy atom. The number of aliphatic hydroxyl groups excluding tert-OH is 1. The zero-order valence-corrected chi connectivity index (χ0v) is 15.1. The molecular formula is C16H22O5S2. The number of carbonyl (C=O) groups is 2. The number of ether oxygens (including phenoxy) is 1. The van der Waals surface area contributed by atoms with Gasteiger partial charge in [0.25, 0.3) is 0 Å². The van der Waals surface area contributed by atoms with Gasteiger partial charge < -0.3 is 14.9 Å². The molecule has 0 saturated carbocycles. The molecule has 1 aromatic carbocycles. The molecule has 0 spiro atoms. The van der Waals surface area contributed by atoms with Crippen molar-refractivity contribution < 1.29 is 24.5 Å². The molecular weight excluding hydrogens is 336 g/mol. The summed E-state index contributed by atoms with van der Waals surface area (Å²) < 4.78 is 5.06. The van der Waals surface area contributed by atoms with Gasteiger partial charge in [0.2, 0.25) is 10.2 Å². The van der Waals surface area contributed by atoms with Gasteiger partial charge in [-0.2, -0.15) is 0 Å². The summed E-state index contributed by atoms with van der Waals surface area (Å²) in [5.41, 5.74) is -1.51. The molecule has 0 fully saturated rings. The molecule has 0 saturated heterocycles. The van der Waals surface area contributed by atoms with E-state index in [4.69, 9.17) is 4.74 Å². The maximum Gasteiger partial charge on any atom is 0.224 e. The third-order valence-corrected chi connectivity index (χ3v) is 4.92. The Kier molecular flexibility index (Phi) is 8.11. The first-order valence-electron chi connectivity index (χ1n) is 7.26. The van der Waals surface area contributed by atoms with Crippen LogP contribution >= 0.6 is 23.5 Å². The maximum atomic E-state index is 12.3. The van der Waals surface area contributed by atoms with E-state index in [0.717, 1.165) is 23.5 Å². The summed E-state index contributed by atoms with van der Waals surface area (Å²) in [5.74, 6) is 1.56. The predicted molar refractivity (Wildman–Crippen MR) is 93.9 cm³/mol. The molecule has 0 radical (unpaired) electrons. The number of methoxy groups -OCH3 is 1. The van der Waals surface area contributed by atoms with Crippen LogP contribution < -0.4 is 4.74 Å². The lowest BCUT2D eigenvalue weighted by molar-refractivity contribution is -0.148. The third-order valence-electron chi connectivity index (χ3n) is 3.22. The average molecular weight is 358 g/mol. The van der Waals surface area contributed by atoms with Crippen molar-refractivity contribution in [3.8, 4) is 5.75 Å². The largest absolute Gasteiger partial charge is 0.497 e. The van der Waals surface area contributed by atoms with Crippen molar-refractivity contribution in [2.45, 2.75) is 32.0 Å². The Bertz CT molecular complexity index is 532. The highest BCUT2D eigenvalue weighted by molar-refractivity contribution is 8.14. The smallest absolute Gasteiger partial charge is 0.224 e. The number of carbonyl (C=O) groups excluding carboxylic acids is 2. The van der Waals surface area contributed by atoms with Crippen molar-refractivity contribution in [2.75, 3.05) is 18.6 Å². The molecule has 2 atom stereocenters. The zero-order chi connectivity index (χ0) is 17.5. The fraction of sp³-hybridized carbons (Fsp3) is 0.500. The summed E-state index contributed by atoms with van der Waals surface area (Å²) in [6, 6.07) is 6.78. The van der Waals surface area contributed by atoms with E-state index in [9.17, 15) is 19.8 Å². The summed E-state index contributed by atoms with van der Waals surface area (Å²) >= 11 is 1.78. The molecule has 0 heterocycles. The van der Waals surface area contributed by atoms with E-state index in [0.29, 0.717) is 22.8 Å². The Hall–Kier alpha value is -1.02. The van der Waals surface area contributed by atoms with Crippen LogP contribution in [0.2, 0.25) is 0 Å². The van der Waals surface area contributed by atoms with Gasteiger partial charge in [0.15, 0.2) is 11.7 Å². The van der Waals surface area contributed by atoms with E-state index >= 15 is 0 Å². The fourth-order valence-corrected chi connectivity index (χ4v) is 3.34. The number of benzene rings is 1. The van der Waals surface area contributed by atoms with Crippen molar-refractivity contribution in [2.24, 2.45) is 0 Å². The summed E-state index contributed by atoms with van der Waals surface area (Å²) in [6.45, 7) is 3.53. The van der Waals surface area contributed by atoms with Gasteiger partial charge in [-0.1, -0.05) is 49.5 Å². The average Bonchev–Trinajstić information content (AvgIpc) is 2.55. The molecule has 2 N–H and O–H groups in total. The lowest BCUT2D eigenvalue weighted by Gasteiger charge is -2.30. The molecule has 128 valence electrons. The highest BCUT2D eigenvalue weighted by Gasteiger charge is 2.46. The standard InChI is InChI=1S/C16H22O5S2/c1-4-22-14(18)13(17)16(20,15(19)23-5-2)10-11-6-8-12(21-3)9-7-11/h6-9,13,17,20H,4-5,10H2,1-3H3/t13-,16-/m1/s1. The second kappa shape index (κ2) is 9.32. The Balaban J connectivity index is 3.07. The van der Waals surface area contributed by atoms with Crippen molar-refractivity contribution in [1.29, 1.82) is 0 Å². The monoisotopic (exact) mass is 358 g/mol. The summed E-state index contributed by atoms with van der Waals surface area (Å²) in [7, 11) is 1.54.